The van der Waals surface area contributed by atoms with Crippen LogP contribution in [-0.2, 0) is 4.84 Å². The zero-order valence-electron chi connectivity index (χ0n) is 8.59. The lowest BCUT2D eigenvalue weighted by Gasteiger charge is -2.06. The molecule has 2 rings (SSSR count). The first-order valence-corrected chi connectivity index (χ1v) is 4.91. The van der Waals surface area contributed by atoms with Gasteiger partial charge in [0.2, 0.25) is 0 Å². The van der Waals surface area contributed by atoms with Gasteiger partial charge in [-0.25, -0.2) is 5.48 Å². The molecule has 2 aromatic rings. The highest BCUT2D eigenvalue weighted by atomic mass is 16.7. The van der Waals surface area contributed by atoms with Gasteiger partial charge in [0.1, 0.15) is 0 Å². The van der Waals surface area contributed by atoms with Crippen molar-refractivity contribution in [1.29, 1.82) is 0 Å². The van der Waals surface area contributed by atoms with Gasteiger partial charge < -0.3 is 9.51 Å². The highest BCUT2D eigenvalue weighted by Crippen LogP contribution is 2.11. The van der Waals surface area contributed by atoms with Gasteiger partial charge in [0.15, 0.2) is 0 Å². The van der Waals surface area contributed by atoms with Gasteiger partial charge in [0.25, 0.3) is 5.91 Å². The molecule has 2 N–H and O–H groups in total. The van der Waals surface area contributed by atoms with Gasteiger partial charge in [-0.15, -0.1) is 0 Å². The Hall–Kier alpha value is -1.85. The number of rotatable bonds is 4. The third-order valence-electron chi connectivity index (χ3n) is 2.17. The van der Waals surface area contributed by atoms with Crippen molar-refractivity contribution in [2.24, 2.45) is 0 Å². The van der Waals surface area contributed by atoms with Crippen LogP contribution in [0.4, 0.5) is 0 Å². The van der Waals surface area contributed by atoms with Crippen molar-refractivity contribution in [1.82, 2.24) is 9.88 Å². The maximum atomic E-state index is 11.7. The van der Waals surface area contributed by atoms with Crippen molar-refractivity contribution in [3.63, 3.8) is 0 Å². The van der Waals surface area contributed by atoms with Crippen LogP contribution in [0, 0.1) is 0 Å². The molecule has 0 radical (unpaired) electrons. The standard InChI is InChI=1S/C11H12N2O3/c14-7-8-16-12-11(15)9-3-1-5-13-6-2-4-10(9)13/h1-6,14H,7-8H2,(H,12,15). The molecule has 0 saturated carbocycles. The Morgan fingerprint density at radius 3 is 2.88 bits per heavy atom. The average molecular weight is 220 g/mol. The fourth-order valence-corrected chi connectivity index (χ4v) is 1.48. The van der Waals surface area contributed by atoms with Crippen LogP contribution in [0.1, 0.15) is 10.4 Å². The van der Waals surface area contributed by atoms with E-state index >= 15 is 0 Å². The van der Waals surface area contributed by atoms with Crippen molar-refractivity contribution in [2.45, 2.75) is 0 Å². The van der Waals surface area contributed by atoms with Gasteiger partial charge in [-0.05, 0) is 24.3 Å². The minimum absolute atomic E-state index is 0.0792. The Balaban J connectivity index is 2.19. The topological polar surface area (TPSA) is 63.0 Å². The number of hydrogen-bond donors (Lipinski definition) is 2. The smallest absolute Gasteiger partial charge is 0.276 e. The predicted molar refractivity (Wildman–Crippen MR) is 57.9 cm³/mol. The number of carbonyl (C=O) groups excluding carboxylic acids is 1. The molecule has 0 bridgehead atoms. The molecule has 0 atom stereocenters. The van der Waals surface area contributed by atoms with Gasteiger partial charge in [-0.3, -0.25) is 9.63 Å². The molecular weight excluding hydrogens is 208 g/mol. The molecule has 2 heterocycles. The van der Waals surface area contributed by atoms with Crippen LogP contribution in [0.2, 0.25) is 0 Å². The number of hydrogen-bond acceptors (Lipinski definition) is 3. The molecule has 0 saturated heterocycles. The molecular formula is C11H12N2O3. The van der Waals surface area contributed by atoms with E-state index in [0.717, 1.165) is 5.52 Å². The highest BCUT2D eigenvalue weighted by molar-refractivity contribution is 6.00. The summed E-state index contributed by atoms with van der Waals surface area (Å²) < 4.78 is 1.85. The molecule has 2 aromatic heterocycles. The summed E-state index contributed by atoms with van der Waals surface area (Å²) >= 11 is 0. The molecule has 0 fully saturated rings. The van der Waals surface area contributed by atoms with Crippen molar-refractivity contribution >= 4 is 11.4 Å². The number of aliphatic hydroxyl groups excluding tert-OH is 1. The Kier molecular flexibility index (Phi) is 3.19. The summed E-state index contributed by atoms with van der Waals surface area (Å²) in [6, 6.07) is 7.21. The zero-order chi connectivity index (χ0) is 11.4. The Morgan fingerprint density at radius 2 is 2.12 bits per heavy atom. The molecule has 16 heavy (non-hydrogen) atoms. The third kappa shape index (κ3) is 2.05. The molecule has 0 unspecified atom stereocenters. The van der Waals surface area contributed by atoms with Crippen LogP contribution in [-0.4, -0.2) is 28.6 Å². The van der Waals surface area contributed by atoms with E-state index in [-0.39, 0.29) is 19.1 Å². The van der Waals surface area contributed by atoms with Gasteiger partial charge in [-0.2, -0.15) is 0 Å². The molecule has 0 aliphatic carbocycles. The normalized spacial score (nSPS) is 10.6. The van der Waals surface area contributed by atoms with E-state index in [0.29, 0.717) is 5.56 Å². The summed E-state index contributed by atoms with van der Waals surface area (Å²) in [7, 11) is 0. The maximum Gasteiger partial charge on any atom is 0.276 e. The van der Waals surface area contributed by atoms with Gasteiger partial charge in [-0.1, -0.05) is 0 Å². The average Bonchev–Trinajstić information content (AvgIpc) is 2.76. The second kappa shape index (κ2) is 4.78. The van der Waals surface area contributed by atoms with Crippen molar-refractivity contribution in [2.75, 3.05) is 13.2 Å². The molecule has 0 aliphatic rings. The Morgan fingerprint density at radius 1 is 1.38 bits per heavy atom. The fraction of sp³-hybridized carbons (Fsp3) is 0.182. The first kappa shape index (κ1) is 10.7. The summed E-state index contributed by atoms with van der Waals surface area (Å²) in [6.07, 6.45) is 3.72. The van der Waals surface area contributed by atoms with Crippen LogP contribution < -0.4 is 5.48 Å². The lowest BCUT2D eigenvalue weighted by molar-refractivity contribution is 0.0169. The van der Waals surface area contributed by atoms with E-state index in [1.807, 2.05) is 28.9 Å². The summed E-state index contributed by atoms with van der Waals surface area (Å²) in [4.78, 5) is 16.5. The van der Waals surface area contributed by atoms with E-state index < -0.39 is 0 Å². The Labute approximate surface area is 92.2 Å². The number of aliphatic hydroxyl groups is 1. The minimum atomic E-state index is -0.322. The zero-order valence-corrected chi connectivity index (χ0v) is 8.59. The van der Waals surface area contributed by atoms with Crippen LogP contribution >= 0.6 is 0 Å². The first-order valence-electron chi connectivity index (χ1n) is 4.91. The number of nitrogens with one attached hydrogen (secondary N) is 1. The fourth-order valence-electron chi connectivity index (χ4n) is 1.48. The van der Waals surface area contributed by atoms with E-state index in [2.05, 4.69) is 5.48 Å². The summed E-state index contributed by atoms with van der Waals surface area (Å²) in [6.45, 7) is -0.0501. The van der Waals surface area contributed by atoms with Crippen LogP contribution in [0.5, 0.6) is 0 Å². The van der Waals surface area contributed by atoms with Gasteiger partial charge >= 0.3 is 0 Å². The van der Waals surface area contributed by atoms with Crippen molar-refractivity contribution in [3.05, 3.63) is 42.2 Å². The summed E-state index contributed by atoms with van der Waals surface area (Å²) in [5.41, 5.74) is 3.61. The number of nitrogens with zero attached hydrogens (tertiary/aromatic N) is 1. The summed E-state index contributed by atoms with van der Waals surface area (Å²) in [5.74, 6) is -0.322. The molecule has 0 spiro atoms. The number of hydroxylamine groups is 1. The van der Waals surface area contributed by atoms with Crippen molar-refractivity contribution in [3.8, 4) is 0 Å². The summed E-state index contributed by atoms with van der Waals surface area (Å²) in [5, 5.41) is 8.51. The molecule has 1 amide bonds. The SMILES string of the molecule is O=C(NOCCO)c1cccn2cccc12. The van der Waals surface area contributed by atoms with E-state index in [1.165, 1.54) is 0 Å². The van der Waals surface area contributed by atoms with Crippen molar-refractivity contribution < 1.29 is 14.7 Å². The molecule has 0 aliphatic heterocycles. The van der Waals surface area contributed by atoms with Crippen LogP contribution in [0.15, 0.2) is 36.7 Å². The first-order chi connectivity index (χ1) is 7.83. The molecule has 84 valence electrons. The largest absolute Gasteiger partial charge is 0.394 e. The number of pyridine rings is 1. The lowest BCUT2D eigenvalue weighted by atomic mass is 10.2. The van der Waals surface area contributed by atoms with Crippen LogP contribution in [0.25, 0.3) is 5.52 Å². The lowest BCUT2D eigenvalue weighted by Crippen LogP contribution is -2.25. The van der Waals surface area contributed by atoms with E-state index in [1.54, 1.807) is 12.1 Å². The second-order valence-electron chi connectivity index (χ2n) is 3.23. The highest BCUT2D eigenvalue weighted by Gasteiger charge is 2.09. The maximum absolute atomic E-state index is 11.7. The number of fused-ring (bicyclic) bond motifs is 1. The monoisotopic (exact) mass is 220 g/mol. The van der Waals surface area contributed by atoms with Gasteiger partial charge in [0, 0.05) is 12.4 Å². The molecule has 0 aromatic carbocycles. The third-order valence-corrected chi connectivity index (χ3v) is 2.17. The number of carbonyl (C=O) groups is 1. The molecule has 5 nitrogen and oxygen atoms in total. The van der Waals surface area contributed by atoms with E-state index in [4.69, 9.17) is 9.94 Å². The minimum Gasteiger partial charge on any atom is -0.394 e. The van der Waals surface area contributed by atoms with Gasteiger partial charge in [0.05, 0.1) is 24.3 Å². The molecule has 5 heteroatoms. The predicted octanol–water partition coefficient (Wildman–Crippen LogP) is 0.593. The van der Waals surface area contributed by atoms with Crippen LogP contribution in [0.3, 0.4) is 0 Å². The number of aromatic nitrogens is 1. The number of amides is 1. The second-order valence-corrected chi connectivity index (χ2v) is 3.23. The Bertz CT molecular complexity index is 493. The van der Waals surface area contributed by atoms with E-state index in [9.17, 15) is 4.79 Å². The quantitative estimate of drug-likeness (QED) is 0.585.